The molecule has 0 spiro atoms. The molecule has 2 nitrogen and oxygen atoms in total. The molecule has 0 radical (unpaired) electrons. The van der Waals surface area contributed by atoms with Gasteiger partial charge >= 0.3 is 5.97 Å². The van der Waals surface area contributed by atoms with Gasteiger partial charge in [-0.1, -0.05) is 134 Å². The first-order chi connectivity index (χ1) is 14.3. The van der Waals surface area contributed by atoms with Crippen molar-refractivity contribution in [2.75, 3.05) is 0 Å². The lowest BCUT2D eigenvalue weighted by atomic mass is 10.0. The summed E-state index contributed by atoms with van der Waals surface area (Å²) >= 11 is 0. The maximum Gasteiger partial charge on any atom is 0.306 e. The van der Waals surface area contributed by atoms with Gasteiger partial charge in [-0.25, -0.2) is 0 Å². The maximum absolute atomic E-state index is 11.8. The number of ether oxygens (including phenoxy) is 1. The standard InChI is InChI=1S/C27H44O2/c1-3-5-6-7-8-9-10-11-12-13-14-15-16-17-18-19-27(28)29-24-26-22-20-25(4-2)21-23-26/h4,20-23H,2-3,5-19,24H2,1H3. The Bertz CT molecular complexity index is 518. The highest BCUT2D eigenvalue weighted by atomic mass is 16.5. The van der Waals surface area contributed by atoms with Crippen molar-refractivity contribution in [1.82, 2.24) is 0 Å². The molecule has 29 heavy (non-hydrogen) atoms. The van der Waals surface area contributed by atoms with Gasteiger partial charge in [-0.15, -0.1) is 0 Å². The van der Waals surface area contributed by atoms with Crippen LogP contribution >= 0.6 is 0 Å². The summed E-state index contributed by atoms with van der Waals surface area (Å²) in [5.74, 6) is -0.0764. The Morgan fingerprint density at radius 2 is 1.21 bits per heavy atom. The lowest BCUT2D eigenvalue weighted by Gasteiger charge is -2.06. The summed E-state index contributed by atoms with van der Waals surface area (Å²) in [6.45, 7) is 6.39. The van der Waals surface area contributed by atoms with Gasteiger partial charge in [0.05, 0.1) is 0 Å². The summed E-state index contributed by atoms with van der Waals surface area (Å²) in [6, 6.07) is 7.95. The van der Waals surface area contributed by atoms with Crippen LogP contribution in [-0.4, -0.2) is 5.97 Å². The fourth-order valence-electron chi connectivity index (χ4n) is 3.63. The highest BCUT2D eigenvalue weighted by Crippen LogP contribution is 2.14. The topological polar surface area (TPSA) is 26.3 Å². The average molecular weight is 401 g/mol. The molecule has 0 aliphatic rings. The van der Waals surface area contributed by atoms with E-state index in [1.807, 2.05) is 30.3 Å². The normalized spacial score (nSPS) is 10.8. The average Bonchev–Trinajstić information content (AvgIpc) is 2.75. The van der Waals surface area contributed by atoms with Crippen LogP contribution in [0.15, 0.2) is 30.8 Å². The van der Waals surface area contributed by atoms with E-state index in [0.29, 0.717) is 13.0 Å². The molecule has 0 aliphatic heterocycles. The molecule has 1 aromatic carbocycles. The Morgan fingerprint density at radius 1 is 0.759 bits per heavy atom. The fourth-order valence-corrected chi connectivity index (χ4v) is 3.63. The highest BCUT2D eigenvalue weighted by Gasteiger charge is 2.03. The van der Waals surface area contributed by atoms with Crippen molar-refractivity contribution in [3.8, 4) is 0 Å². The second-order valence-electron chi connectivity index (χ2n) is 8.31. The summed E-state index contributed by atoms with van der Waals surface area (Å²) in [4.78, 5) is 11.8. The van der Waals surface area contributed by atoms with Gasteiger partial charge in [0.2, 0.25) is 0 Å². The molecule has 0 aromatic heterocycles. The van der Waals surface area contributed by atoms with Crippen LogP contribution in [0.1, 0.15) is 121 Å². The highest BCUT2D eigenvalue weighted by molar-refractivity contribution is 5.69. The first kappa shape index (κ1) is 25.5. The molecule has 0 N–H and O–H groups in total. The molecular formula is C27H44O2. The number of hydrogen-bond donors (Lipinski definition) is 0. The summed E-state index contributed by atoms with van der Waals surface area (Å²) in [6.07, 6.45) is 22.4. The van der Waals surface area contributed by atoms with Crippen molar-refractivity contribution in [2.45, 2.75) is 116 Å². The number of hydrogen-bond acceptors (Lipinski definition) is 2. The minimum atomic E-state index is -0.0764. The number of esters is 1. The molecule has 0 heterocycles. The molecule has 0 amide bonds. The van der Waals surface area contributed by atoms with Gasteiger partial charge in [0.25, 0.3) is 0 Å². The minimum Gasteiger partial charge on any atom is -0.461 e. The summed E-state index contributed by atoms with van der Waals surface area (Å²) in [5, 5.41) is 0. The monoisotopic (exact) mass is 400 g/mol. The lowest BCUT2D eigenvalue weighted by Crippen LogP contribution is -2.04. The van der Waals surface area contributed by atoms with Gasteiger partial charge < -0.3 is 4.74 Å². The zero-order valence-corrected chi connectivity index (χ0v) is 18.9. The van der Waals surface area contributed by atoms with Crippen LogP contribution in [0.4, 0.5) is 0 Å². The van der Waals surface area contributed by atoms with Crippen LogP contribution < -0.4 is 0 Å². The second kappa shape index (κ2) is 18.5. The Balaban J connectivity index is 1.83. The molecule has 2 heteroatoms. The van der Waals surface area contributed by atoms with Gasteiger partial charge in [0, 0.05) is 6.42 Å². The predicted molar refractivity (Wildman–Crippen MR) is 126 cm³/mol. The molecule has 1 rings (SSSR count). The number of rotatable bonds is 19. The largest absolute Gasteiger partial charge is 0.461 e. The molecule has 0 atom stereocenters. The predicted octanol–water partition coefficient (Wildman–Crippen LogP) is 8.63. The van der Waals surface area contributed by atoms with E-state index in [-0.39, 0.29) is 5.97 Å². The SMILES string of the molecule is C=Cc1ccc(COC(=O)CCCCCCCCCCCCCCCCC)cc1. The number of unbranched alkanes of at least 4 members (excludes halogenated alkanes) is 14. The third-order valence-electron chi connectivity index (χ3n) is 5.60. The number of carbonyl (C=O) groups is 1. The van der Waals surface area contributed by atoms with E-state index in [0.717, 1.165) is 24.0 Å². The van der Waals surface area contributed by atoms with Crippen LogP contribution in [0, 0.1) is 0 Å². The van der Waals surface area contributed by atoms with Crippen LogP contribution in [0.5, 0.6) is 0 Å². The van der Waals surface area contributed by atoms with E-state index < -0.39 is 0 Å². The van der Waals surface area contributed by atoms with E-state index in [1.165, 1.54) is 83.5 Å². The van der Waals surface area contributed by atoms with E-state index in [1.54, 1.807) is 0 Å². The first-order valence-electron chi connectivity index (χ1n) is 12.1. The van der Waals surface area contributed by atoms with Crippen molar-refractivity contribution in [3.63, 3.8) is 0 Å². The zero-order valence-electron chi connectivity index (χ0n) is 18.9. The zero-order chi connectivity index (χ0) is 21.0. The van der Waals surface area contributed by atoms with E-state index in [9.17, 15) is 4.79 Å². The van der Waals surface area contributed by atoms with Crippen LogP contribution in [0.25, 0.3) is 6.08 Å². The van der Waals surface area contributed by atoms with Crippen molar-refractivity contribution < 1.29 is 9.53 Å². The maximum atomic E-state index is 11.8. The quantitative estimate of drug-likeness (QED) is 0.171. The third kappa shape index (κ3) is 15.0. The van der Waals surface area contributed by atoms with Gasteiger partial charge in [-0.2, -0.15) is 0 Å². The molecule has 0 aliphatic carbocycles. The third-order valence-corrected chi connectivity index (χ3v) is 5.60. The van der Waals surface area contributed by atoms with Gasteiger partial charge in [0.15, 0.2) is 0 Å². The smallest absolute Gasteiger partial charge is 0.306 e. The van der Waals surface area contributed by atoms with Gasteiger partial charge in [0.1, 0.15) is 6.61 Å². The molecule has 1 aromatic rings. The lowest BCUT2D eigenvalue weighted by molar-refractivity contribution is -0.145. The molecule has 0 fully saturated rings. The van der Waals surface area contributed by atoms with Crippen molar-refractivity contribution in [3.05, 3.63) is 42.0 Å². The van der Waals surface area contributed by atoms with Crippen LogP contribution in [0.2, 0.25) is 0 Å². The molecule has 0 saturated heterocycles. The Morgan fingerprint density at radius 3 is 1.66 bits per heavy atom. The number of benzene rings is 1. The van der Waals surface area contributed by atoms with Gasteiger partial charge in [-0.3, -0.25) is 4.79 Å². The summed E-state index contributed by atoms with van der Waals surface area (Å²) in [5.41, 5.74) is 2.11. The Labute approximate surface area is 180 Å². The van der Waals surface area contributed by atoms with Gasteiger partial charge in [-0.05, 0) is 17.5 Å². The van der Waals surface area contributed by atoms with Crippen molar-refractivity contribution in [1.29, 1.82) is 0 Å². The van der Waals surface area contributed by atoms with E-state index >= 15 is 0 Å². The molecule has 0 saturated carbocycles. The molecule has 0 unspecified atom stereocenters. The Kier molecular flexibility index (Phi) is 16.2. The summed E-state index contributed by atoms with van der Waals surface area (Å²) in [7, 11) is 0. The molecule has 164 valence electrons. The van der Waals surface area contributed by atoms with Crippen molar-refractivity contribution in [2.24, 2.45) is 0 Å². The second-order valence-corrected chi connectivity index (χ2v) is 8.31. The summed E-state index contributed by atoms with van der Waals surface area (Å²) < 4.78 is 5.36. The Hall–Kier alpha value is -1.57. The fraction of sp³-hybridized carbons (Fsp3) is 0.667. The van der Waals surface area contributed by atoms with E-state index in [2.05, 4.69) is 13.5 Å². The first-order valence-corrected chi connectivity index (χ1v) is 12.1. The van der Waals surface area contributed by atoms with E-state index in [4.69, 9.17) is 4.74 Å². The molecular weight excluding hydrogens is 356 g/mol. The van der Waals surface area contributed by atoms with Crippen LogP contribution in [-0.2, 0) is 16.1 Å². The minimum absolute atomic E-state index is 0.0764. The van der Waals surface area contributed by atoms with Crippen molar-refractivity contribution >= 4 is 12.0 Å². The van der Waals surface area contributed by atoms with Crippen LogP contribution in [0.3, 0.4) is 0 Å². The molecule has 0 bridgehead atoms. The number of carbonyl (C=O) groups excluding carboxylic acids is 1.